The molecule has 1 heterocycles. The Morgan fingerprint density at radius 3 is 2.75 bits per heavy atom. The molecule has 4 nitrogen and oxygen atoms in total. The molecule has 1 saturated carbocycles. The first-order valence-corrected chi connectivity index (χ1v) is 7.45. The molecule has 0 aliphatic heterocycles. The summed E-state index contributed by atoms with van der Waals surface area (Å²) < 4.78 is 5.25. The van der Waals surface area contributed by atoms with E-state index in [0.717, 1.165) is 19.7 Å². The minimum absolute atomic E-state index is 0.115. The fourth-order valence-electron chi connectivity index (χ4n) is 2.27. The molecule has 4 heteroatoms. The van der Waals surface area contributed by atoms with E-state index in [2.05, 4.69) is 42.0 Å². The average molecular weight is 277 g/mol. The summed E-state index contributed by atoms with van der Waals surface area (Å²) in [4.78, 5) is 6.77. The van der Waals surface area contributed by atoms with Crippen LogP contribution in [-0.4, -0.2) is 36.8 Å². The number of methoxy groups -OCH3 is 1. The Bertz CT molecular complexity index is 424. The number of hydrogen-bond donors (Lipinski definition) is 1. The largest absolute Gasteiger partial charge is 0.383 e. The highest BCUT2D eigenvalue weighted by Gasteiger charge is 2.30. The van der Waals surface area contributed by atoms with Crippen molar-refractivity contribution in [2.24, 2.45) is 0 Å². The number of rotatable bonds is 7. The van der Waals surface area contributed by atoms with E-state index < -0.39 is 0 Å². The van der Waals surface area contributed by atoms with Gasteiger partial charge in [-0.3, -0.25) is 4.98 Å². The van der Waals surface area contributed by atoms with Gasteiger partial charge in [0, 0.05) is 55.4 Å². The second-order valence-electron chi connectivity index (χ2n) is 6.53. The Morgan fingerprint density at radius 2 is 2.15 bits per heavy atom. The van der Waals surface area contributed by atoms with E-state index in [1.807, 2.05) is 12.4 Å². The summed E-state index contributed by atoms with van der Waals surface area (Å²) in [6, 6.07) is 2.81. The lowest BCUT2D eigenvalue weighted by Gasteiger charge is -2.28. The fourth-order valence-corrected chi connectivity index (χ4v) is 2.27. The Balaban J connectivity index is 2.12. The Morgan fingerprint density at radius 1 is 1.40 bits per heavy atom. The molecule has 1 aromatic heterocycles. The Kier molecular flexibility index (Phi) is 5.00. The van der Waals surface area contributed by atoms with Crippen molar-refractivity contribution < 1.29 is 4.74 Å². The van der Waals surface area contributed by atoms with Crippen molar-refractivity contribution in [2.75, 3.05) is 25.2 Å². The highest BCUT2D eigenvalue weighted by Crippen LogP contribution is 2.33. The SMILES string of the molecule is COCCN(c1ccncc1CNC(C)(C)C)C1CC1. The molecule has 1 aromatic rings. The van der Waals surface area contributed by atoms with Gasteiger partial charge in [-0.05, 0) is 39.7 Å². The van der Waals surface area contributed by atoms with Gasteiger partial charge in [-0.2, -0.15) is 0 Å². The lowest BCUT2D eigenvalue weighted by atomic mass is 10.1. The maximum Gasteiger partial charge on any atom is 0.0637 e. The summed E-state index contributed by atoms with van der Waals surface area (Å²) >= 11 is 0. The van der Waals surface area contributed by atoms with Crippen LogP contribution in [0.15, 0.2) is 18.5 Å². The maximum atomic E-state index is 5.25. The van der Waals surface area contributed by atoms with E-state index in [-0.39, 0.29) is 5.54 Å². The van der Waals surface area contributed by atoms with Gasteiger partial charge in [0.05, 0.1) is 6.61 Å². The van der Waals surface area contributed by atoms with E-state index >= 15 is 0 Å². The van der Waals surface area contributed by atoms with Crippen molar-refractivity contribution >= 4 is 5.69 Å². The zero-order valence-corrected chi connectivity index (χ0v) is 13.1. The van der Waals surface area contributed by atoms with Gasteiger partial charge in [-0.25, -0.2) is 0 Å². The minimum atomic E-state index is 0.115. The predicted octanol–water partition coefficient (Wildman–Crippen LogP) is 2.58. The summed E-state index contributed by atoms with van der Waals surface area (Å²) in [6.45, 7) is 9.13. The molecule has 112 valence electrons. The molecule has 1 fully saturated rings. The number of anilines is 1. The summed E-state index contributed by atoms with van der Waals surface area (Å²) in [5.74, 6) is 0. The van der Waals surface area contributed by atoms with Crippen molar-refractivity contribution in [3.63, 3.8) is 0 Å². The third-order valence-corrected chi connectivity index (χ3v) is 3.52. The van der Waals surface area contributed by atoms with Crippen LogP contribution >= 0.6 is 0 Å². The highest BCUT2D eigenvalue weighted by atomic mass is 16.5. The van der Waals surface area contributed by atoms with Crippen molar-refractivity contribution in [2.45, 2.75) is 51.7 Å². The van der Waals surface area contributed by atoms with Gasteiger partial charge in [-0.1, -0.05) is 0 Å². The number of pyridine rings is 1. The quantitative estimate of drug-likeness (QED) is 0.831. The molecule has 0 amide bonds. The fraction of sp³-hybridized carbons (Fsp3) is 0.688. The molecule has 0 spiro atoms. The Hall–Kier alpha value is -1.13. The lowest BCUT2D eigenvalue weighted by molar-refractivity contribution is 0.205. The number of aromatic nitrogens is 1. The standard InChI is InChI=1S/C16H27N3O/c1-16(2,3)18-12-13-11-17-8-7-15(13)19(9-10-20-4)14-5-6-14/h7-8,11,14,18H,5-6,9-10,12H2,1-4H3. The van der Waals surface area contributed by atoms with Crippen molar-refractivity contribution in [1.29, 1.82) is 0 Å². The summed E-state index contributed by atoms with van der Waals surface area (Å²) in [6.07, 6.45) is 6.45. The molecule has 0 aromatic carbocycles. The van der Waals surface area contributed by atoms with Gasteiger partial charge in [0.25, 0.3) is 0 Å². The van der Waals surface area contributed by atoms with E-state index in [4.69, 9.17) is 4.74 Å². The van der Waals surface area contributed by atoms with Crippen LogP contribution in [0.25, 0.3) is 0 Å². The summed E-state index contributed by atoms with van der Waals surface area (Å²) in [5, 5.41) is 3.55. The van der Waals surface area contributed by atoms with Crippen LogP contribution < -0.4 is 10.2 Å². The average Bonchev–Trinajstić information content (AvgIpc) is 3.22. The molecule has 0 unspecified atom stereocenters. The topological polar surface area (TPSA) is 37.4 Å². The van der Waals surface area contributed by atoms with Crippen LogP contribution in [0.3, 0.4) is 0 Å². The number of nitrogens with zero attached hydrogens (tertiary/aromatic N) is 2. The first-order chi connectivity index (χ1) is 9.51. The van der Waals surface area contributed by atoms with Crippen LogP contribution in [0.4, 0.5) is 5.69 Å². The molecule has 20 heavy (non-hydrogen) atoms. The monoisotopic (exact) mass is 277 g/mol. The molecule has 0 radical (unpaired) electrons. The molecular weight excluding hydrogens is 250 g/mol. The van der Waals surface area contributed by atoms with E-state index in [1.165, 1.54) is 24.1 Å². The second-order valence-corrected chi connectivity index (χ2v) is 6.53. The van der Waals surface area contributed by atoms with Crippen molar-refractivity contribution in [3.8, 4) is 0 Å². The smallest absolute Gasteiger partial charge is 0.0637 e. The van der Waals surface area contributed by atoms with Crippen LogP contribution in [-0.2, 0) is 11.3 Å². The molecule has 1 aliphatic rings. The lowest BCUT2D eigenvalue weighted by Crippen LogP contribution is -2.36. The zero-order chi connectivity index (χ0) is 14.6. The highest BCUT2D eigenvalue weighted by molar-refractivity contribution is 5.54. The van der Waals surface area contributed by atoms with Gasteiger partial charge in [0.1, 0.15) is 0 Å². The summed E-state index contributed by atoms with van der Waals surface area (Å²) in [7, 11) is 1.76. The number of hydrogen-bond acceptors (Lipinski definition) is 4. The van der Waals surface area contributed by atoms with E-state index in [9.17, 15) is 0 Å². The van der Waals surface area contributed by atoms with Crippen molar-refractivity contribution in [1.82, 2.24) is 10.3 Å². The molecule has 0 atom stereocenters. The molecule has 0 bridgehead atoms. The van der Waals surface area contributed by atoms with Gasteiger partial charge >= 0.3 is 0 Å². The van der Waals surface area contributed by atoms with Crippen molar-refractivity contribution in [3.05, 3.63) is 24.0 Å². The molecule has 1 N–H and O–H groups in total. The molecule has 0 saturated heterocycles. The number of ether oxygens (including phenoxy) is 1. The molecule has 2 rings (SSSR count). The minimum Gasteiger partial charge on any atom is -0.383 e. The van der Waals surface area contributed by atoms with Gasteiger partial charge in [0.15, 0.2) is 0 Å². The van der Waals surface area contributed by atoms with E-state index in [1.54, 1.807) is 7.11 Å². The normalized spacial score (nSPS) is 15.4. The first-order valence-electron chi connectivity index (χ1n) is 7.45. The third kappa shape index (κ3) is 4.46. The van der Waals surface area contributed by atoms with Crippen LogP contribution in [0.1, 0.15) is 39.2 Å². The Labute approximate surface area is 122 Å². The zero-order valence-electron chi connectivity index (χ0n) is 13.1. The second kappa shape index (κ2) is 6.55. The predicted molar refractivity (Wildman–Crippen MR) is 83.1 cm³/mol. The molecule has 1 aliphatic carbocycles. The van der Waals surface area contributed by atoms with Gasteiger partial charge in [0.2, 0.25) is 0 Å². The van der Waals surface area contributed by atoms with Crippen LogP contribution in [0.5, 0.6) is 0 Å². The van der Waals surface area contributed by atoms with Gasteiger partial charge in [-0.15, -0.1) is 0 Å². The maximum absolute atomic E-state index is 5.25. The number of nitrogens with one attached hydrogen (secondary N) is 1. The summed E-state index contributed by atoms with van der Waals surface area (Å²) in [5.41, 5.74) is 2.69. The third-order valence-electron chi connectivity index (χ3n) is 3.52. The van der Waals surface area contributed by atoms with Crippen LogP contribution in [0.2, 0.25) is 0 Å². The van der Waals surface area contributed by atoms with Crippen LogP contribution in [0, 0.1) is 0 Å². The molecular formula is C16H27N3O. The first kappa shape index (κ1) is 15.3. The van der Waals surface area contributed by atoms with Gasteiger partial charge < -0.3 is 15.0 Å². The van der Waals surface area contributed by atoms with E-state index in [0.29, 0.717) is 6.04 Å².